The maximum atomic E-state index is 5.74. The van der Waals surface area contributed by atoms with Gasteiger partial charge in [0.05, 0.1) is 20.3 Å². The highest BCUT2D eigenvalue weighted by atomic mass is 127. The van der Waals surface area contributed by atoms with E-state index < -0.39 is 0 Å². The molecule has 160 valence electrons. The molecule has 0 radical (unpaired) electrons. The number of halogens is 1. The quantitative estimate of drug-likeness (QED) is 0.302. The highest BCUT2D eigenvalue weighted by molar-refractivity contribution is 14.0. The van der Waals surface area contributed by atoms with Gasteiger partial charge < -0.3 is 24.8 Å². The lowest BCUT2D eigenvalue weighted by molar-refractivity contribution is 0.242. The Hall–Kier alpha value is -2.16. The largest absolute Gasteiger partial charge is 0.493 e. The molecule has 7 heteroatoms. The predicted molar refractivity (Wildman–Crippen MR) is 129 cm³/mol. The van der Waals surface area contributed by atoms with Crippen molar-refractivity contribution < 1.29 is 14.2 Å². The predicted octanol–water partition coefficient (Wildman–Crippen LogP) is 4.02. The summed E-state index contributed by atoms with van der Waals surface area (Å²) in [6.07, 6.45) is 1.01. The zero-order chi connectivity index (χ0) is 20.4. The van der Waals surface area contributed by atoms with Gasteiger partial charge in [0, 0.05) is 20.1 Å². The van der Waals surface area contributed by atoms with Crippen LogP contribution in [0, 0.1) is 0 Å². The van der Waals surface area contributed by atoms with E-state index in [2.05, 4.69) is 21.7 Å². The van der Waals surface area contributed by atoms with Crippen molar-refractivity contribution in [1.82, 2.24) is 10.6 Å². The van der Waals surface area contributed by atoms with Crippen molar-refractivity contribution in [2.75, 3.05) is 27.8 Å². The minimum absolute atomic E-state index is 0. The Kier molecular flexibility index (Phi) is 11.3. The van der Waals surface area contributed by atoms with Gasteiger partial charge in [-0.1, -0.05) is 18.2 Å². The highest BCUT2D eigenvalue weighted by Gasteiger charge is 2.05. The second-order valence-electron chi connectivity index (χ2n) is 6.61. The third-order valence-electron chi connectivity index (χ3n) is 4.11. The number of hydrogen-bond donors (Lipinski definition) is 2. The second kappa shape index (κ2) is 13.1. The van der Waals surface area contributed by atoms with Gasteiger partial charge in [-0.2, -0.15) is 0 Å². The molecular weight excluding hydrogens is 481 g/mol. The third-order valence-corrected chi connectivity index (χ3v) is 4.11. The Bertz CT molecular complexity index is 782. The van der Waals surface area contributed by atoms with Crippen molar-refractivity contribution in [3.8, 4) is 17.2 Å². The van der Waals surface area contributed by atoms with Gasteiger partial charge in [-0.3, -0.25) is 4.99 Å². The molecule has 29 heavy (non-hydrogen) atoms. The molecule has 2 rings (SSSR count). The summed E-state index contributed by atoms with van der Waals surface area (Å²) < 4.78 is 16.4. The van der Waals surface area contributed by atoms with Crippen molar-refractivity contribution in [3.63, 3.8) is 0 Å². The van der Waals surface area contributed by atoms with Crippen LogP contribution in [-0.2, 0) is 13.0 Å². The van der Waals surface area contributed by atoms with Crippen molar-refractivity contribution in [2.45, 2.75) is 32.9 Å². The highest BCUT2D eigenvalue weighted by Crippen LogP contribution is 2.27. The van der Waals surface area contributed by atoms with Gasteiger partial charge in [0.2, 0.25) is 0 Å². The van der Waals surface area contributed by atoms with Gasteiger partial charge in [0.25, 0.3) is 0 Å². The average Bonchev–Trinajstić information content (AvgIpc) is 2.70. The minimum atomic E-state index is 0. The lowest BCUT2D eigenvalue weighted by atomic mass is 10.1. The maximum Gasteiger partial charge on any atom is 0.191 e. The van der Waals surface area contributed by atoms with Crippen LogP contribution in [-0.4, -0.2) is 39.9 Å². The molecule has 0 spiro atoms. The molecule has 0 fully saturated rings. The summed E-state index contributed by atoms with van der Waals surface area (Å²) in [5.41, 5.74) is 2.31. The summed E-state index contributed by atoms with van der Waals surface area (Å²) in [5, 5.41) is 6.67. The first kappa shape index (κ1) is 24.9. The number of nitrogens with one attached hydrogen (secondary N) is 2. The number of nitrogens with zero attached hydrogens (tertiary/aromatic N) is 1. The Labute approximate surface area is 191 Å². The molecule has 0 unspecified atom stereocenters. The molecule has 2 aromatic carbocycles. The second-order valence-corrected chi connectivity index (χ2v) is 6.61. The summed E-state index contributed by atoms with van der Waals surface area (Å²) in [6, 6.07) is 14.0. The Morgan fingerprint density at radius 1 is 0.966 bits per heavy atom. The molecule has 0 saturated carbocycles. The summed E-state index contributed by atoms with van der Waals surface area (Å²) in [4.78, 5) is 4.28. The van der Waals surface area contributed by atoms with Crippen LogP contribution in [0.5, 0.6) is 17.2 Å². The van der Waals surface area contributed by atoms with Crippen molar-refractivity contribution in [3.05, 3.63) is 53.6 Å². The Morgan fingerprint density at radius 3 is 2.38 bits per heavy atom. The summed E-state index contributed by atoms with van der Waals surface area (Å²) in [5.74, 6) is 3.12. The molecule has 0 atom stereocenters. The molecule has 2 N–H and O–H groups in total. The number of ether oxygens (including phenoxy) is 3. The molecule has 0 aromatic heterocycles. The molecule has 6 nitrogen and oxygen atoms in total. The van der Waals surface area contributed by atoms with E-state index in [4.69, 9.17) is 14.2 Å². The number of guanidine groups is 1. The zero-order valence-corrected chi connectivity index (χ0v) is 20.2. The van der Waals surface area contributed by atoms with Crippen molar-refractivity contribution in [1.29, 1.82) is 0 Å². The number of benzene rings is 2. The molecule has 0 bridgehead atoms. The molecule has 2 aromatic rings. The van der Waals surface area contributed by atoms with E-state index in [0.29, 0.717) is 6.54 Å². The molecule has 0 aliphatic heterocycles. The smallest absolute Gasteiger partial charge is 0.191 e. The Balaban J connectivity index is 0.00000420. The zero-order valence-electron chi connectivity index (χ0n) is 17.8. The topological polar surface area (TPSA) is 64.1 Å². The van der Waals surface area contributed by atoms with Crippen LogP contribution < -0.4 is 24.8 Å². The molecular formula is C22H32IN3O3. The van der Waals surface area contributed by atoms with E-state index in [1.807, 2.05) is 50.2 Å². The number of rotatable bonds is 9. The average molecular weight is 513 g/mol. The normalized spacial score (nSPS) is 10.9. The fourth-order valence-electron chi connectivity index (χ4n) is 2.77. The van der Waals surface area contributed by atoms with Gasteiger partial charge >= 0.3 is 0 Å². The van der Waals surface area contributed by atoms with Crippen LogP contribution in [0.15, 0.2) is 47.5 Å². The summed E-state index contributed by atoms with van der Waals surface area (Å²) >= 11 is 0. The van der Waals surface area contributed by atoms with Gasteiger partial charge in [-0.15, -0.1) is 24.0 Å². The monoisotopic (exact) mass is 513 g/mol. The Morgan fingerprint density at radius 2 is 1.72 bits per heavy atom. The first-order chi connectivity index (χ1) is 13.5. The SMILES string of the molecule is CN=C(NCCc1ccc(OC)c(OC)c1)NCc1cccc(OC(C)C)c1.I. The summed E-state index contributed by atoms with van der Waals surface area (Å²) in [7, 11) is 5.05. The van der Waals surface area contributed by atoms with E-state index in [-0.39, 0.29) is 30.1 Å². The van der Waals surface area contributed by atoms with Crippen LogP contribution in [0.3, 0.4) is 0 Å². The van der Waals surface area contributed by atoms with E-state index in [1.165, 1.54) is 5.56 Å². The fraction of sp³-hybridized carbons (Fsp3) is 0.409. The van der Waals surface area contributed by atoms with Crippen molar-refractivity contribution in [2.24, 2.45) is 4.99 Å². The number of aliphatic imine (C=N–C) groups is 1. The first-order valence-corrected chi connectivity index (χ1v) is 9.46. The third kappa shape index (κ3) is 8.39. The first-order valence-electron chi connectivity index (χ1n) is 9.46. The van der Waals surface area contributed by atoms with Crippen LogP contribution in [0.25, 0.3) is 0 Å². The van der Waals surface area contributed by atoms with Crippen LogP contribution in [0.2, 0.25) is 0 Å². The van der Waals surface area contributed by atoms with E-state index in [9.17, 15) is 0 Å². The van der Waals surface area contributed by atoms with Gasteiger partial charge in [-0.25, -0.2) is 0 Å². The minimum Gasteiger partial charge on any atom is -0.493 e. The van der Waals surface area contributed by atoms with E-state index in [1.54, 1.807) is 21.3 Å². The fourth-order valence-corrected chi connectivity index (χ4v) is 2.77. The van der Waals surface area contributed by atoms with Gasteiger partial charge in [0.1, 0.15) is 5.75 Å². The van der Waals surface area contributed by atoms with Crippen LogP contribution >= 0.6 is 24.0 Å². The maximum absolute atomic E-state index is 5.74. The van der Waals surface area contributed by atoms with E-state index in [0.717, 1.165) is 41.7 Å². The van der Waals surface area contributed by atoms with Crippen LogP contribution in [0.4, 0.5) is 0 Å². The van der Waals surface area contributed by atoms with Crippen molar-refractivity contribution >= 4 is 29.9 Å². The number of hydrogen-bond acceptors (Lipinski definition) is 4. The van der Waals surface area contributed by atoms with Gasteiger partial charge in [-0.05, 0) is 55.7 Å². The number of methoxy groups -OCH3 is 2. The van der Waals surface area contributed by atoms with Gasteiger partial charge in [0.15, 0.2) is 17.5 Å². The summed E-state index contributed by atoms with van der Waals surface area (Å²) in [6.45, 7) is 5.47. The molecule has 0 aliphatic carbocycles. The lowest BCUT2D eigenvalue weighted by Gasteiger charge is -2.14. The molecule has 0 aliphatic rings. The lowest BCUT2D eigenvalue weighted by Crippen LogP contribution is -2.37. The molecule has 0 amide bonds. The molecule has 0 heterocycles. The van der Waals surface area contributed by atoms with E-state index >= 15 is 0 Å². The molecule has 0 saturated heterocycles. The van der Waals surface area contributed by atoms with Crippen LogP contribution in [0.1, 0.15) is 25.0 Å². The standard InChI is InChI=1S/C22H31N3O3.HI/c1-16(2)28-19-8-6-7-18(13-19)15-25-22(23-3)24-12-11-17-9-10-20(26-4)21(14-17)27-5;/h6-10,13-14,16H,11-12,15H2,1-5H3,(H2,23,24,25);1H.